The number of aromatic hydroxyl groups is 1. The normalized spacial score (nSPS) is 23.5. The Hall–Kier alpha value is -3.34. The first kappa shape index (κ1) is 21.5. The number of carbonyl (C=O) groups excluding carboxylic acids is 2. The molecular formula is C22H20F3N3O5. The predicted octanol–water partition coefficient (Wildman–Crippen LogP) is 1.70. The van der Waals surface area contributed by atoms with E-state index in [2.05, 4.69) is 0 Å². The molecule has 3 aliphatic heterocycles. The van der Waals surface area contributed by atoms with Crippen LogP contribution in [0.5, 0.6) is 5.75 Å². The molecule has 33 heavy (non-hydrogen) atoms. The van der Waals surface area contributed by atoms with E-state index in [1.54, 1.807) is 12.1 Å². The van der Waals surface area contributed by atoms with Crippen LogP contribution in [0.2, 0.25) is 0 Å². The van der Waals surface area contributed by atoms with Crippen LogP contribution in [0, 0.1) is 17.5 Å². The lowest BCUT2D eigenvalue weighted by molar-refractivity contribution is -0.0479. The average molecular weight is 463 g/mol. The number of hydrogen-bond donors (Lipinski definition) is 1. The van der Waals surface area contributed by atoms with Crippen molar-refractivity contribution in [3.63, 3.8) is 0 Å². The van der Waals surface area contributed by atoms with E-state index in [9.17, 15) is 32.7 Å². The van der Waals surface area contributed by atoms with E-state index in [0.29, 0.717) is 18.7 Å². The molecule has 2 bridgehead atoms. The summed E-state index contributed by atoms with van der Waals surface area (Å²) in [7, 11) is 1.56. The Kier molecular flexibility index (Phi) is 4.96. The molecule has 4 heterocycles. The van der Waals surface area contributed by atoms with Crippen LogP contribution in [0.3, 0.4) is 0 Å². The van der Waals surface area contributed by atoms with Gasteiger partial charge in [-0.05, 0) is 19.3 Å². The number of rotatable bonds is 4. The number of ketones is 1. The molecule has 2 aromatic rings. The van der Waals surface area contributed by atoms with Gasteiger partial charge in [-0.2, -0.15) is 0 Å². The van der Waals surface area contributed by atoms with E-state index in [1.807, 2.05) is 0 Å². The van der Waals surface area contributed by atoms with Crippen molar-refractivity contribution in [3.8, 4) is 5.75 Å². The van der Waals surface area contributed by atoms with Crippen molar-refractivity contribution in [2.45, 2.75) is 44.1 Å². The van der Waals surface area contributed by atoms with Crippen molar-refractivity contribution >= 4 is 11.7 Å². The van der Waals surface area contributed by atoms with Crippen LogP contribution >= 0.6 is 0 Å². The van der Waals surface area contributed by atoms with Gasteiger partial charge in [0, 0.05) is 37.4 Å². The zero-order valence-electron chi connectivity index (χ0n) is 17.6. The van der Waals surface area contributed by atoms with Gasteiger partial charge in [0.25, 0.3) is 5.91 Å². The standard InChI is InChI=1S/C22H20F3N3O5/c1-26-21-17-5-2-11(33-17)8-28(21)27-9-13(19(30)20(31)18(27)22(26)32)16(29)4-3-12-14(24)6-10(23)7-15(12)25/h6-7,9,11,17,21,31H,2-5,8H2,1H3/t11-,17+,21-/m0/s1. The highest BCUT2D eigenvalue weighted by atomic mass is 19.1. The molecule has 5 rings (SSSR count). The second kappa shape index (κ2) is 7.62. The summed E-state index contributed by atoms with van der Waals surface area (Å²) in [5.41, 5.74) is -2.18. The van der Waals surface area contributed by atoms with E-state index in [4.69, 9.17) is 4.74 Å². The van der Waals surface area contributed by atoms with Gasteiger partial charge in [0.15, 0.2) is 17.2 Å². The second-order valence-electron chi connectivity index (χ2n) is 8.51. The number of halogens is 3. The van der Waals surface area contributed by atoms with E-state index >= 15 is 0 Å². The van der Waals surface area contributed by atoms with Gasteiger partial charge in [-0.3, -0.25) is 24.1 Å². The van der Waals surface area contributed by atoms with Crippen LogP contribution in [-0.2, 0) is 11.2 Å². The van der Waals surface area contributed by atoms with Gasteiger partial charge in [0.2, 0.25) is 5.43 Å². The number of morpholine rings is 1. The number of hydrogen-bond acceptors (Lipinski definition) is 6. The minimum atomic E-state index is -1.13. The maximum atomic E-state index is 13.9. The summed E-state index contributed by atoms with van der Waals surface area (Å²) in [5, 5.41) is 12.3. The fourth-order valence-electron chi connectivity index (χ4n) is 4.92. The van der Waals surface area contributed by atoms with Crippen molar-refractivity contribution in [2.75, 3.05) is 18.6 Å². The minimum Gasteiger partial charge on any atom is -0.502 e. The zero-order valence-corrected chi connectivity index (χ0v) is 17.6. The second-order valence-corrected chi connectivity index (χ2v) is 8.51. The van der Waals surface area contributed by atoms with Gasteiger partial charge in [0.05, 0.1) is 24.3 Å². The Morgan fingerprint density at radius 1 is 1.18 bits per heavy atom. The lowest BCUT2D eigenvalue weighted by Crippen LogP contribution is -2.67. The highest BCUT2D eigenvalue weighted by Crippen LogP contribution is 2.36. The largest absolute Gasteiger partial charge is 0.502 e. The summed E-state index contributed by atoms with van der Waals surface area (Å²) in [4.78, 5) is 39.9. The van der Waals surface area contributed by atoms with E-state index in [-0.39, 0.29) is 17.9 Å². The lowest BCUT2D eigenvalue weighted by Gasteiger charge is -2.50. The Morgan fingerprint density at radius 2 is 1.88 bits per heavy atom. The Bertz CT molecular complexity index is 1220. The first-order valence-electron chi connectivity index (χ1n) is 10.5. The maximum absolute atomic E-state index is 13.9. The van der Waals surface area contributed by atoms with Crippen LogP contribution in [0.25, 0.3) is 0 Å². The molecule has 11 heteroatoms. The Morgan fingerprint density at radius 3 is 2.58 bits per heavy atom. The van der Waals surface area contributed by atoms with Crippen molar-refractivity contribution in [1.82, 2.24) is 9.58 Å². The van der Waals surface area contributed by atoms with Gasteiger partial charge in [0.1, 0.15) is 23.6 Å². The Balaban J connectivity index is 1.51. The van der Waals surface area contributed by atoms with E-state index in [0.717, 1.165) is 12.8 Å². The van der Waals surface area contributed by atoms with Crippen LogP contribution in [-0.4, -0.2) is 58.3 Å². The summed E-state index contributed by atoms with van der Waals surface area (Å²) < 4.78 is 48.2. The number of carbonyl (C=O) groups is 2. The average Bonchev–Trinajstić information content (AvgIpc) is 3.13. The first-order chi connectivity index (χ1) is 15.7. The molecule has 3 aliphatic rings. The number of ether oxygens (including phenoxy) is 1. The number of benzene rings is 1. The van der Waals surface area contributed by atoms with Gasteiger partial charge in [-0.1, -0.05) is 0 Å². The fraction of sp³-hybridized carbons (Fsp3) is 0.409. The molecule has 2 saturated heterocycles. The molecule has 3 atom stereocenters. The molecule has 174 valence electrons. The number of pyridine rings is 1. The number of nitrogens with zero attached hydrogens (tertiary/aromatic N) is 3. The molecule has 2 fully saturated rings. The SMILES string of the molecule is CN1C(=O)c2c(O)c(=O)c(C(=O)CCc3c(F)cc(F)cc3F)cn2N2C[C@@H]3CC[C@@H](O3)[C@@H]12. The summed E-state index contributed by atoms with van der Waals surface area (Å²) in [6, 6.07) is 1.02. The third-order valence-electron chi connectivity index (χ3n) is 6.54. The predicted molar refractivity (Wildman–Crippen MR) is 108 cm³/mol. The topological polar surface area (TPSA) is 92.1 Å². The molecule has 1 aromatic heterocycles. The third-order valence-corrected chi connectivity index (χ3v) is 6.54. The molecule has 0 aliphatic carbocycles. The molecule has 1 aromatic carbocycles. The monoisotopic (exact) mass is 463 g/mol. The molecule has 1 amide bonds. The molecule has 0 radical (unpaired) electrons. The third kappa shape index (κ3) is 3.29. The van der Waals surface area contributed by atoms with Gasteiger partial charge in [-0.15, -0.1) is 0 Å². The van der Waals surface area contributed by atoms with Crippen molar-refractivity contribution in [2.24, 2.45) is 0 Å². The number of fused-ring (bicyclic) bond motifs is 6. The number of aromatic nitrogens is 1. The highest BCUT2D eigenvalue weighted by molar-refractivity contribution is 6.00. The lowest BCUT2D eigenvalue weighted by atomic mass is 10.0. The van der Waals surface area contributed by atoms with E-state index in [1.165, 1.54) is 15.8 Å². The summed E-state index contributed by atoms with van der Waals surface area (Å²) in [6.07, 6.45) is 1.04. The molecule has 0 unspecified atom stereocenters. The van der Waals surface area contributed by atoms with Crippen LogP contribution in [0.4, 0.5) is 13.2 Å². The highest BCUT2D eigenvalue weighted by Gasteiger charge is 2.49. The molecule has 8 nitrogen and oxygen atoms in total. The summed E-state index contributed by atoms with van der Waals surface area (Å²) in [5.74, 6) is -5.57. The van der Waals surface area contributed by atoms with Crippen LogP contribution in [0.15, 0.2) is 23.1 Å². The molecular weight excluding hydrogens is 443 g/mol. The molecule has 0 saturated carbocycles. The quantitative estimate of drug-likeness (QED) is 0.694. The minimum absolute atomic E-state index is 0.0918. The number of likely N-dealkylation sites (N-methyl/N-ethyl adjacent to an activating group) is 1. The Labute approximate surface area is 185 Å². The van der Waals surface area contributed by atoms with Crippen LogP contribution < -0.4 is 10.4 Å². The van der Waals surface area contributed by atoms with Crippen molar-refractivity contribution in [1.29, 1.82) is 0 Å². The number of amides is 1. The van der Waals surface area contributed by atoms with Crippen molar-refractivity contribution < 1.29 is 32.6 Å². The van der Waals surface area contributed by atoms with Crippen molar-refractivity contribution in [3.05, 3.63) is 62.8 Å². The molecule has 1 N–H and O–H groups in total. The summed E-state index contributed by atoms with van der Waals surface area (Å²) >= 11 is 0. The first-order valence-corrected chi connectivity index (χ1v) is 10.5. The van der Waals surface area contributed by atoms with Gasteiger partial charge < -0.3 is 14.7 Å². The zero-order chi connectivity index (χ0) is 23.6. The van der Waals surface area contributed by atoms with E-state index < -0.39 is 70.5 Å². The van der Waals surface area contributed by atoms with Crippen LogP contribution in [0.1, 0.15) is 45.7 Å². The summed E-state index contributed by atoms with van der Waals surface area (Å²) in [6.45, 7) is 0.383. The smallest absolute Gasteiger partial charge is 0.277 e. The number of Topliss-reactive ketones (excluding diaryl/α,β-unsaturated/α-hetero) is 1. The van der Waals surface area contributed by atoms with Gasteiger partial charge in [-0.25, -0.2) is 13.2 Å². The maximum Gasteiger partial charge on any atom is 0.277 e. The molecule has 0 spiro atoms. The fourth-order valence-corrected chi connectivity index (χ4v) is 4.92. The van der Waals surface area contributed by atoms with Gasteiger partial charge >= 0.3 is 0 Å².